The number of hydrogen-bond acceptors (Lipinski definition) is 16. The molecular weight excluding hydrogens is 676 g/mol. The lowest BCUT2D eigenvalue weighted by atomic mass is 9.74. The van der Waals surface area contributed by atoms with Crippen molar-refractivity contribution in [3.63, 3.8) is 0 Å². The van der Waals surface area contributed by atoms with Crippen LogP contribution in [-0.4, -0.2) is 99.6 Å². The number of aliphatic hydroxyl groups excluding tert-OH is 4. The van der Waals surface area contributed by atoms with Gasteiger partial charge in [-0.05, 0) is 35.9 Å². The Morgan fingerprint density at radius 1 is 0.647 bits per heavy atom. The largest absolute Gasteiger partial charge is 0.508 e. The van der Waals surface area contributed by atoms with Crippen molar-refractivity contribution in [1.82, 2.24) is 0 Å². The number of rotatable bonds is 4. The zero-order valence-corrected chi connectivity index (χ0v) is 26.2. The average molecular weight is 709 g/mol. The number of aliphatic hydroxyl groups is 4. The molecule has 0 spiro atoms. The van der Waals surface area contributed by atoms with Gasteiger partial charge in [-0.2, -0.15) is 0 Å². The molecule has 0 amide bonds. The molecule has 9 atom stereocenters. The van der Waals surface area contributed by atoms with E-state index in [1.54, 1.807) is 0 Å². The van der Waals surface area contributed by atoms with Gasteiger partial charge in [0.2, 0.25) is 0 Å². The molecule has 1 fully saturated rings. The molecule has 268 valence electrons. The van der Waals surface area contributed by atoms with Gasteiger partial charge in [0.1, 0.15) is 58.9 Å². The van der Waals surface area contributed by atoms with Crippen LogP contribution in [0.5, 0.6) is 57.5 Å². The minimum atomic E-state index is -2.23. The van der Waals surface area contributed by atoms with Crippen LogP contribution in [0.4, 0.5) is 0 Å². The van der Waals surface area contributed by atoms with Crippen molar-refractivity contribution < 1.29 is 79.9 Å². The van der Waals surface area contributed by atoms with E-state index in [2.05, 4.69) is 0 Å². The quantitative estimate of drug-likeness (QED) is 0.133. The van der Waals surface area contributed by atoms with Crippen molar-refractivity contribution in [2.45, 2.75) is 61.0 Å². The maximum absolute atomic E-state index is 11.4. The van der Waals surface area contributed by atoms with Gasteiger partial charge in [-0.25, -0.2) is 0 Å². The standard InChI is InChI=1S/C35H32O16/c36-14-7-21(42)26-24(8-14)50-35(13-2-4-17(38)20(41)6-13)33(49-34-30(46)29(45)23(44)11-47-34)28(26)27-25(51-35)10-18(39)15-9-22(43)31(48-32(15)27)12-1-3-16(37)19(40)5-12/h1-8,10,22-23,28-31,33-34,36-46H,9,11H2/t22-,23-,28-,29-,30+,31+,33-,34-,35+/m0/s1. The summed E-state index contributed by atoms with van der Waals surface area (Å²) in [5.41, 5.74) is 0.515. The molecule has 0 unspecified atom stereocenters. The van der Waals surface area contributed by atoms with Crippen LogP contribution in [0.2, 0.25) is 0 Å². The minimum Gasteiger partial charge on any atom is -0.508 e. The maximum Gasteiger partial charge on any atom is 0.305 e. The number of phenolic OH excluding ortho intramolecular Hbond substituents is 7. The van der Waals surface area contributed by atoms with Crippen molar-refractivity contribution in [3.05, 3.63) is 82.4 Å². The van der Waals surface area contributed by atoms with Gasteiger partial charge < -0.3 is 79.9 Å². The summed E-state index contributed by atoms with van der Waals surface area (Å²) in [6, 6.07) is 10.9. The van der Waals surface area contributed by atoms with Gasteiger partial charge in [0, 0.05) is 46.9 Å². The van der Waals surface area contributed by atoms with Gasteiger partial charge in [-0.15, -0.1) is 0 Å². The number of benzene rings is 4. The summed E-state index contributed by atoms with van der Waals surface area (Å²) in [5, 5.41) is 117. The zero-order chi connectivity index (χ0) is 36.1. The van der Waals surface area contributed by atoms with E-state index in [4.69, 9.17) is 23.7 Å². The lowest BCUT2D eigenvalue weighted by molar-refractivity contribution is -0.327. The minimum absolute atomic E-state index is 0.00353. The first-order valence-electron chi connectivity index (χ1n) is 15.8. The molecule has 4 aliphatic heterocycles. The first-order chi connectivity index (χ1) is 24.3. The normalized spacial score (nSPS) is 30.5. The molecule has 16 heteroatoms. The van der Waals surface area contributed by atoms with E-state index in [0.717, 1.165) is 18.2 Å². The summed E-state index contributed by atoms with van der Waals surface area (Å²) >= 11 is 0. The third-order valence-corrected chi connectivity index (χ3v) is 9.74. The number of ether oxygens (including phenoxy) is 5. The summed E-state index contributed by atoms with van der Waals surface area (Å²) in [7, 11) is 0. The van der Waals surface area contributed by atoms with Crippen molar-refractivity contribution in [2.75, 3.05) is 6.61 Å². The van der Waals surface area contributed by atoms with Crippen molar-refractivity contribution >= 4 is 0 Å². The molecule has 0 aromatic heterocycles. The Kier molecular flexibility index (Phi) is 7.46. The monoisotopic (exact) mass is 708 g/mol. The zero-order valence-electron chi connectivity index (χ0n) is 26.2. The van der Waals surface area contributed by atoms with E-state index >= 15 is 0 Å². The summed E-state index contributed by atoms with van der Waals surface area (Å²) in [5.74, 6) is -7.00. The van der Waals surface area contributed by atoms with Crippen LogP contribution in [0.3, 0.4) is 0 Å². The number of hydrogen-bond donors (Lipinski definition) is 11. The second-order valence-electron chi connectivity index (χ2n) is 12.9. The molecule has 4 aliphatic rings. The fraction of sp³-hybridized carbons (Fsp3) is 0.314. The van der Waals surface area contributed by atoms with Gasteiger partial charge in [0.15, 0.2) is 35.4 Å². The van der Waals surface area contributed by atoms with Gasteiger partial charge in [-0.3, -0.25) is 0 Å². The highest BCUT2D eigenvalue weighted by molar-refractivity contribution is 5.68. The highest BCUT2D eigenvalue weighted by Gasteiger charge is 2.62. The van der Waals surface area contributed by atoms with Gasteiger partial charge in [0.05, 0.1) is 18.6 Å². The maximum atomic E-state index is 11.4. The lowest BCUT2D eigenvalue weighted by Crippen LogP contribution is -2.62. The lowest BCUT2D eigenvalue weighted by Gasteiger charge is -2.53. The molecule has 0 aliphatic carbocycles. The van der Waals surface area contributed by atoms with E-state index in [1.165, 1.54) is 36.4 Å². The Balaban J connectivity index is 1.38. The first-order valence-corrected chi connectivity index (χ1v) is 15.8. The number of phenols is 7. The molecular formula is C35H32O16. The predicted molar refractivity (Wildman–Crippen MR) is 168 cm³/mol. The summed E-state index contributed by atoms with van der Waals surface area (Å²) in [4.78, 5) is 0. The molecule has 1 saturated heterocycles. The van der Waals surface area contributed by atoms with Gasteiger partial charge in [-0.1, -0.05) is 6.07 Å². The van der Waals surface area contributed by atoms with Crippen LogP contribution in [-0.2, 0) is 21.7 Å². The third kappa shape index (κ3) is 4.98. The smallest absolute Gasteiger partial charge is 0.305 e. The van der Waals surface area contributed by atoms with Crippen LogP contribution in [0.25, 0.3) is 0 Å². The molecule has 2 bridgehead atoms. The summed E-state index contributed by atoms with van der Waals surface area (Å²) in [6.07, 6.45) is -10.8. The topological polar surface area (TPSA) is 269 Å². The van der Waals surface area contributed by atoms with E-state index in [-0.39, 0.29) is 57.2 Å². The highest BCUT2D eigenvalue weighted by Crippen LogP contribution is 2.63. The van der Waals surface area contributed by atoms with Crippen LogP contribution in [0, 0.1) is 0 Å². The van der Waals surface area contributed by atoms with E-state index in [0.29, 0.717) is 0 Å². The van der Waals surface area contributed by atoms with Crippen LogP contribution in [0.15, 0.2) is 54.6 Å². The predicted octanol–water partition coefficient (Wildman–Crippen LogP) is 1.26. The Labute approximate surface area is 287 Å². The first kappa shape index (κ1) is 32.8. The molecule has 11 N–H and O–H groups in total. The molecule has 51 heavy (non-hydrogen) atoms. The Hall–Kier alpha value is -5.36. The Morgan fingerprint density at radius 3 is 2.04 bits per heavy atom. The van der Waals surface area contributed by atoms with E-state index in [1.807, 2.05) is 0 Å². The number of fused-ring (bicyclic) bond motifs is 8. The molecule has 4 heterocycles. The van der Waals surface area contributed by atoms with E-state index in [9.17, 15) is 56.2 Å². The molecule has 8 rings (SSSR count). The second kappa shape index (κ2) is 11.6. The van der Waals surface area contributed by atoms with Gasteiger partial charge in [0.25, 0.3) is 0 Å². The van der Waals surface area contributed by atoms with E-state index < -0.39 is 95.7 Å². The Morgan fingerprint density at radius 2 is 1.33 bits per heavy atom. The fourth-order valence-corrected chi connectivity index (χ4v) is 7.28. The second-order valence-corrected chi connectivity index (χ2v) is 12.9. The molecule has 0 radical (unpaired) electrons. The summed E-state index contributed by atoms with van der Waals surface area (Å²) in [6.45, 7) is -0.452. The van der Waals surface area contributed by atoms with Gasteiger partial charge >= 0.3 is 5.79 Å². The van der Waals surface area contributed by atoms with Crippen molar-refractivity contribution in [2.24, 2.45) is 0 Å². The SMILES string of the molecule is Oc1cc(O)c2c(c1)O[C@]1(c3ccc(O)c(O)c3)Oc3cc(O)c4c(c3[C@H]2[C@@H]1O[C@@H]1OC[C@H](O)[C@H](O)[C@H]1O)O[C@H](c1ccc(O)c(O)c1)[C@@H](O)C4. The molecule has 0 saturated carbocycles. The number of aromatic hydroxyl groups is 7. The van der Waals surface area contributed by atoms with Crippen molar-refractivity contribution in [1.29, 1.82) is 0 Å². The molecule has 4 aromatic carbocycles. The van der Waals surface area contributed by atoms with Crippen LogP contribution >= 0.6 is 0 Å². The van der Waals surface area contributed by atoms with Crippen LogP contribution in [0.1, 0.15) is 39.8 Å². The average Bonchev–Trinajstić information content (AvgIpc) is 3.07. The highest BCUT2D eigenvalue weighted by atomic mass is 16.8. The molecule has 4 aromatic rings. The Bertz CT molecular complexity index is 2050. The third-order valence-electron chi connectivity index (χ3n) is 9.74. The van der Waals surface area contributed by atoms with Crippen LogP contribution < -0.4 is 14.2 Å². The fourth-order valence-electron chi connectivity index (χ4n) is 7.28. The summed E-state index contributed by atoms with van der Waals surface area (Å²) < 4.78 is 31.4. The molecule has 16 nitrogen and oxygen atoms in total. The van der Waals surface area contributed by atoms with Crippen molar-refractivity contribution in [3.8, 4) is 57.5 Å².